The summed E-state index contributed by atoms with van der Waals surface area (Å²) in [4.78, 5) is 14.5. The molecule has 1 fully saturated rings. The van der Waals surface area contributed by atoms with E-state index in [4.69, 9.17) is 9.47 Å². The molecule has 1 aliphatic carbocycles. The van der Waals surface area contributed by atoms with Crippen molar-refractivity contribution < 1.29 is 19.4 Å². The summed E-state index contributed by atoms with van der Waals surface area (Å²) < 4.78 is 10.3. The number of methoxy groups -OCH3 is 2. The SMILES string of the molecule is COc1cccc(NC(=O)N(Cc2ccc(O)c(OC)c2)C2CC2)c1. The molecule has 0 spiro atoms. The maximum atomic E-state index is 12.7. The molecule has 2 amide bonds. The lowest BCUT2D eigenvalue weighted by Crippen LogP contribution is -2.36. The minimum atomic E-state index is -0.150. The number of rotatable bonds is 6. The van der Waals surface area contributed by atoms with Gasteiger partial charge in [-0.1, -0.05) is 12.1 Å². The summed E-state index contributed by atoms with van der Waals surface area (Å²) in [7, 11) is 3.10. The summed E-state index contributed by atoms with van der Waals surface area (Å²) in [6, 6.07) is 12.5. The number of hydrogen-bond acceptors (Lipinski definition) is 4. The van der Waals surface area contributed by atoms with Gasteiger partial charge in [-0.25, -0.2) is 4.79 Å². The number of aromatic hydroxyl groups is 1. The fourth-order valence-corrected chi connectivity index (χ4v) is 2.67. The van der Waals surface area contributed by atoms with Crippen molar-refractivity contribution in [3.8, 4) is 17.2 Å². The van der Waals surface area contributed by atoms with E-state index < -0.39 is 0 Å². The van der Waals surface area contributed by atoms with E-state index in [-0.39, 0.29) is 17.8 Å². The number of phenols is 1. The highest BCUT2D eigenvalue weighted by Gasteiger charge is 2.32. The smallest absolute Gasteiger partial charge is 0.322 e. The largest absolute Gasteiger partial charge is 0.504 e. The summed E-state index contributed by atoms with van der Waals surface area (Å²) in [5.41, 5.74) is 1.60. The Hall–Kier alpha value is -2.89. The topological polar surface area (TPSA) is 71.0 Å². The number of nitrogens with zero attached hydrogens (tertiary/aromatic N) is 1. The molecule has 0 atom stereocenters. The predicted octanol–water partition coefficient (Wildman–Crippen LogP) is 3.61. The van der Waals surface area contributed by atoms with Crippen LogP contribution in [-0.2, 0) is 6.54 Å². The van der Waals surface area contributed by atoms with Gasteiger partial charge in [-0.05, 0) is 42.7 Å². The number of carbonyl (C=O) groups is 1. The standard InChI is InChI=1S/C19H22N2O4/c1-24-16-5-3-4-14(11-16)20-19(23)21(15-7-8-15)12-13-6-9-17(22)18(10-13)25-2/h3-6,9-11,15,22H,7-8,12H2,1-2H3,(H,20,23). The van der Waals surface area contributed by atoms with Crippen LogP contribution >= 0.6 is 0 Å². The fourth-order valence-electron chi connectivity index (χ4n) is 2.67. The van der Waals surface area contributed by atoms with Gasteiger partial charge < -0.3 is 24.8 Å². The van der Waals surface area contributed by atoms with E-state index in [1.807, 2.05) is 23.1 Å². The first-order valence-corrected chi connectivity index (χ1v) is 8.18. The van der Waals surface area contributed by atoms with Crippen LogP contribution in [-0.4, -0.2) is 36.3 Å². The first-order chi connectivity index (χ1) is 12.1. The number of benzene rings is 2. The van der Waals surface area contributed by atoms with E-state index in [1.165, 1.54) is 7.11 Å². The van der Waals surface area contributed by atoms with E-state index >= 15 is 0 Å². The van der Waals surface area contributed by atoms with Crippen LogP contribution in [0.4, 0.5) is 10.5 Å². The number of carbonyl (C=O) groups excluding carboxylic acids is 1. The van der Waals surface area contributed by atoms with Gasteiger partial charge in [0.25, 0.3) is 0 Å². The molecule has 0 heterocycles. The molecule has 132 valence electrons. The highest BCUT2D eigenvalue weighted by Crippen LogP contribution is 2.32. The minimum Gasteiger partial charge on any atom is -0.504 e. The van der Waals surface area contributed by atoms with E-state index in [1.54, 1.807) is 31.4 Å². The number of nitrogens with one attached hydrogen (secondary N) is 1. The second-order valence-electron chi connectivity index (χ2n) is 6.03. The molecule has 0 aromatic heterocycles. The molecular weight excluding hydrogens is 320 g/mol. The lowest BCUT2D eigenvalue weighted by atomic mass is 10.2. The van der Waals surface area contributed by atoms with Gasteiger partial charge in [0.1, 0.15) is 5.75 Å². The zero-order valence-electron chi connectivity index (χ0n) is 14.4. The number of amides is 2. The summed E-state index contributed by atoms with van der Waals surface area (Å²) in [6.07, 6.45) is 2.00. The highest BCUT2D eigenvalue weighted by molar-refractivity contribution is 5.90. The van der Waals surface area contributed by atoms with E-state index in [0.717, 1.165) is 18.4 Å². The summed E-state index contributed by atoms with van der Waals surface area (Å²) in [5, 5.41) is 12.6. The Morgan fingerprint density at radius 3 is 2.68 bits per heavy atom. The molecule has 0 aliphatic heterocycles. The Kier molecular flexibility index (Phi) is 4.97. The number of ether oxygens (including phenoxy) is 2. The van der Waals surface area contributed by atoms with Crippen LogP contribution in [0.5, 0.6) is 17.2 Å². The summed E-state index contributed by atoms with van der Waals surface area (Å²) in [5.74, 6) is 1.19. The normalized spacial score (nSPS) is 13.2. The molecule has 25 heavy (non-hydrogen) atoms. The molecular formula is C19H22N2O4. The Labute approximate surface area is 147 Å². The quantitative estimate of drug-likeness (QED) is 0.841. The molecule has 3 rings (SSSR count). The molecule has 6 heteroatoms. The lowest BCUT2D eigenvalue weighted by molar-refractivity contribution is 0.206. The van der Waals surface area contributed by atoms with Crippen molar-refractivity contribution in [3.05, 3.63) is 48.0 Å². The third-order valence-corrected chi connectivity index (χ3v) is 4.17. The van der Waals surface area contributed by atoms with Crippen molar-refractivity contribution in [3.63, 3.8) is 0 Å². The van der Waals surface area contributed by atoms with Crippen molar-refractivity contribution in [1.82, 2.24) is 4.90 Å². The highest BCUT2D eigenvalue weighted by atomic mass is 16.5. The zero-order valence-corrected chi connectivity index (χ0v) is 14.4. The van der Waals surface area contributed by atoms with Gasteiger partial charge in [0.15, 0.2) is 11.5 Å². The van der Waals surface area contributed by atoms with Crippen LogP contribution in [0.1, 0.15) is 18.4 Å². The maximum absolute atomic E-state index is 12.7. The Morgan fingerprint density at radius 1 is 1.20 bits per heavy atom. The van der Waals surface area contributed by atoms with Gasteiger partial charge in [0.2, 0.25) is 0 Å². The molecule has 1 aliphatic rings. The third-order valence-electron chi connectivity index (χ3n) is 4.17. The third kappa shape index (κ3) is 4.15. The summed E-state index contributed by atoms with van der Waals surface area (Å²) in [6.45, 7) is 0.455. The van der Waals surface area contributed by atoms with Crippen molar-refractivity contribution in [2.75, 3.05) is 19.5 Å². The molecule has 2 N–H and O–H groups in total. The average Bonchev–Trinajstić information content (AvgIpc) is 3.46. The number of phenolic OH excluding ortho intramolecular Hbond substituents is 1. The fraction of sp³-hybridized carbons (Fsp3) is 0.316. The molecule has 0 bridgehead atoms. The van der Waals surface area contributed by atoms with E-state index in [9.17, 15) is 9.90 Å². The number of urea groups is 1. The Bertz CT molecular complexity index is 759. The van der Waals surface area contributed by atoms with Crippen molar-refractivity contribution in [2.24, 2.45) is 0 Å². The molecule has 2 aromatic carbocycles. The average molecular weight is 342 g/mol. The van der Waals surface area contributed by atoms with Crippen LogP contribution in [0.2, 0.25) is 0 Å². The van der Waals surface area contributed by atoms with Crippen LogP contribution in [0, 0.1) is 0 Å². The van der Waals surface area contributed by atoms with Crippen LogP contribution in [0.25, 0.3) is 0 Å². The maximum Gasteiger partial charge on any atom is 0.322 e. The van der Waals surface area contributed by atoms with Crippen LogP contribution < -0.4 is 14.8 Å². The lowest BCUT2D eigenvalue weighted by Gasteiger charge is -2.23. The van der Waals surface area contributed by atoms with Gasteiger partial charge >= 0.3 is 6.03 Å². The van der Waals surface area contributed by atoms with Gasteiger partial charge in [0.05, 0.1) is 14.2 Å². The van der Waals surface area contributed by atoms with Crippen LogP contribution in [0.3, 0.4) is 0 Å². The molecule has 2 aromatic rings. The van der Waals surface area contributed by atoms with E-state index in [0.29, 0.717) is 23.7 Å². The van der Waals surface area contributed by atoms with Gasteiger partial charge in [-0.2, -0.15) is 0 Å². The van der Waals surface area contributed by atoms with Crippen molar-refractivity contribution in [2.45, 2.75) is 25.4 Å². The monoisotopic (exact) mass is 342 g/mol. The van der Waals surface area contributed by atoms with Gasteiger partial charge in [-0.3, -0.25) is 0 Å². The first-order valence-electron chi connectivity index (χ1n) is 8.18. The second-order valence-corrected chi connectivity index (χ2v) is 6.03. The zero-order chi connectivity index (χ0) is 17.8. The predicted molar refractivity (Wildman–Crippen MR) is 95.2 cm³/mol. The number of hydrogen-bond donors (Lipinski definition) is 2. The Balaban J connectivity index is 1.73. The molecule has 6 nitrogen and oxygen atoms in total. The van der Waals surface area contributed by atoms with Crippen LogP contribution in [0.15, 0.2) is 42.5 Å². The van der Waals surface area contributed by atoms with Crippen molar-refractivity contribution >= 4 is 11.7 Å². The van der Waals surface area contributed by atoms with Gasteiger partial charge in [-0.15, -0.1) is 0 Å². The van der Waals surface area contributed by atoms with E-state index in [2.05, 4.69) is 5.32 Å². The molecule has 0 saturated heterocycles. The summed E-state index contributed by atoms with van der Waals surface area (Å²) >= 11 is 0. The first kappa shape index (κ1) is 17.0. The van der Waals surface area contributed by atoms with Gasteiger partial charge in [0, 0.05) is 24.3 Å². The minimum absolute atomic E-state index is 0.0880. The Morgan fingerprint density at radius 2 is 2.00 bits per heavy atom. The number of anilines is 1. The molecule has 0 radical (unpaired) electrons. The molecule has 1 saturated carbocycles. The second kappa shape index (κ2) is 7.34. The van der Waals surface area contributed by atoms with Crippen molar-refractivity contribution in [1.29, 1.82) is 0 Å². The molecule has 0 unspecified atom stereocenters.